The fourth-order valence-corrected chi connectivity index (χ4v) is 5.45. The van der Waals surface area contributed by atoms with Crippen LogP contribution in [-0.2, 0) is 19.1 Å². The zero-order valence-corrected chi connectivity index (χ0v) is 12.2. The van der Waals surface area contributed by atoms with Crippen molar-refractivity contribution in [2.75, 3.05) is 12.4 Å². The fourth-order valence-electron chi connectivity index (χ4n) is 3.66. The maximum atomic E-state index is 12.2. The zero-order valence-electron chi connectivity index (χ0n) is 11.4. The summed E-state index contributed by atoms with van der Waals surface area (Å²) in [7, 11) is -3.60. The highest BCUT2D eigenvalue weighted by atomic mass is 32.2. The fraction of sp³-hybridized carbons (Fsp3) is 0.923. The average molecular weight is 274 g/mol. The largest absolute Gasteiger partial charge is 0.299 e. The van der Waals surface area contributed by atoms with E-state index in [2.05, 4.69) is 0 Å². The third-order valence-corrected chi connectivity index (χ3v) is 6.40. The van der Waals surface area contributed by atoms with Gasteiger partial charge >= 0.3 is 0 Å². The van der Waals surface area contributed by atoms with Crippen molar-refractivity contribution in [3.8, 4) is 0 Å². The highest BCUT2D eigenvalue weighted by Gasteiger charge is 2.65. The van der Waals surface area contributed by atoms with E-state index in [9.17, 15) is 13.2 Å². The molecule has 0 spiro atoms. The Hall–Kier alpha value is -0.420. The number of ketones is 1. The molecule has 0 radical (unpaired) electrons. The lowest BCUT2D eigenvalue weighted by Crippen LogP contribution is -2.42. The van der Waals surface area contributed by atoms with E-state index in [-0.39, 0.29) is 23.6 Å². The molecule has 0 aromatic heterocycles. The van der Waals surface area contributed by atoms with Crippen LogP contribution >= 0.6 is 0 Å². The van der Waals surface area contributed by atoms with Crippen LogP contribution in [0.1, 0.15) is 46.5 Å². The molecule has 5 heteroatoms. The Balaban J connectivity index is 2.24. The standard InChI is InChI=1S/C13H22O4S/c1-4-7-17-18(15,16)9-13-6-5-10(8-11(13)14)12(13,2)3/h10H,4-9H2,1-3H3/t10-,13-/m0/s1. The van der Waals surface area contributed by atoms with Crippen LogP contribution in [0.15, 0.2) is 0 Å². The van der Waals surface area contributed by atoms with Gasteiger partial charge in [0.1, 0.15) is 5.78 Å². The van der Waals surface area contributed by atoms with Gasteiger partial charge in [-0.25, -0.2) is 0 Å². The molecule has 0 aromatic rings. The number of hydrogen-bond acceptors (Lipinski definition) is 4. The van der Waals surface area contributed by atoms with Crippen molar-refractivity contribution in [2.45, 2.75) is 46.5 Å². The molecule has 2 rings (SSSR count). The Morgan fingerprint density at radius 3 is 2.50 bits per heavy atom. The SMILES string of the molecule is CCCOS(=O)(=O)C[C@@]12CC[C@@H](CC1=O)C2(C)C. The van der Waals surface area contributed by atoms with Crippen molar-refractivity contribution in [2.24, 2.45) is 16.7 Å². The molecule has 0 aliphatic heterocycles. The minimum Gasteiger partial charge on any atom is -0.299 e. The molecule has 0 heterocycles. The molecule has 2 saturated carbocycles. The Morgan fingerprint density at radius 2 is 2.06 bits per heavy atom. The summed E-state index contributed by atoms with van der Waals surface area (Å²) in [6.45, 7) is 6.14. The van der Waals surface area contributed by atoms with Crippen LogP contribution in [-0.4, -0.2) is 26.6 Å². The molecular formula is C13H22O4S. The van der Waals surface area contributed by atoms with Crippen LogP contribution in [0.4, 0.5) is 0 Å². The molecular weight excluding hydrogens is 252 g/mol. The van der Waals surface area contributed by atoms with Crippen LogP contribution in [0.25, 0.3) is 0 Å². The van der Waals surface area contributed by atoms with Gasteiger partial charge in [-0.15, -0.1) is 0 Å². The summed E-state index contributed by atoms with van der Waals surface area (Å²) in [6, 6.07) is 0. The van der Waals surface area contributed by atoms with Gasteiger partial charge in [-0.3, -0.25) is 8.98 Å². The lowest BCUT2D eigenvalue weighted by Gasteiger charge is -2.35. The van der Waals surface area contributed by atoms with E-state index < -0.39 is 15.5 Å². The second kappa shape index (κ2) is 4.30. The number of carbonyl (C=O) groups is 1. The van der Waals surface area contributed by atoms with E-state index in [0.717, 1.165) is 6.42 Å². The summed E-state index contributed by atoms with van der Waals surface area (Å²) in [6.07, 6.45) is 2.85. The highest BCUT2D eigenvalue weighted by molar-refractivity contribution is 7.86. The van der Waals surface area contributed by atoms with Crippen LogP contribution in [0.5, 0.6) is 0 Å². The van der Waals surface area contributed by atoms with E-state index in [1.54, 1.807) is 0 Å². The first-order valence-corrected chi connectivity index (χ1v) is 8.23. The molecule has 4 nitrogen and oxygen atoms in total. The predicted molar refractivity (Wildman–Crippen MR) is 68.6 cm³/mol. The van der Waals surface area contributed by atoms with Gasteiger partial charge in [0, 0.05) is 6.42 Å². The van der Waals surface area contributed by atoms with Gasteiger partial charge in [0.2, 0.25) is 0 Å². The lowest BCUT2D eigenvalue weighted by molar-refractivity contribution is -0.128. The molecule has 0 aromatic carbocycles. The van der Waals surface area contributed by atoms with Crippen LogP contribution in [0.3, 0.4) is 0 Å². The molecule has 2 atom stereocenters. The van der Waals surface area contributed by atoms with Crippen LogP contribution < -0.4 is 0 Å². The van der Waals surface area contributed by atoms with E-state index in [1.807, 2.05) is 20.8 Å². The number of fused-ring (bicyclic) bond motifs is 2. The minimum atomic E-state index is -3.60. The summed E-state index contributed by atoms with van der Waals surface area (Å²) in [5.41, 5.74) is -0.920. The van der Waals surface area contributed by atoms with Gasteiger partial charge in [0.15, 0.2) is 0 Å². The quantitative estimate of drug-likeness (QED) is 0.721. The number of carbonyl (C=O) groups excluding carboxylic acids is 1. The average Bonchev–Trinajstić information content (AvgIpc) is 2.59. The Kier molecular flexibility index (Phi) is 3.35. The maximum absolute atomic E-state index is 12.2. The molecule has 18 heavy (non-hydrogen) atoms. The first-order valence-electron chi connectivity index (χ1n) is 6.65. The van der Waals surface area contributed by atoms with Crippen molar-refractivity contribution in [1.29, 1.82) is 0 Å². The number of hydrogen-bond donors (Lipinski definition) is 0. The normalized spacial score (nSPS) is 34.2. The lowest BCUT2D eigenvalue weighted by atomic mass is 9.70. The van der Waals surface area contributed by atoms with Gasteiger partial charge < -0.3 is 0 Å². The van der Waals surface area contributed by atoms with E-state index in [0.29, 0.717) is 25.2 Å². The second-order valence-corrected chi connectivity index (χ2v) is 7.83. The van der Waals surface area contributed by atoms with Gasteiger partial charge in [-0.2, -0.15) is 8.42 Å². The first kappa shape index (κ1) is 14.0. The first-order chi connectivity index (χ1) is 8.25. The molecule has 0 saturated heterocycles. The summed E-state index contributed by atoms with van der Waals surface area (Å²) >= 11 is 0. The third kappa shape index (κ3) is 1.92. The predicted octanol–water partition coefficient (Wildman–Crippen LogP) is 2.14. The zero-order chi connectivity index (χ0) is 13.6. The van der Waals surface area contributed by atoms with Crippen molar-refractivity contribution in [1.82, 2.24) is 0 Å². The van der Waals surface area contributed by atoms with Gasteiger partial charge in [-0.05, 0) is 30.6 Å². The summed E-state index contributed by atoms with van der Waals surface area (Å²) < 4.78 is 28.9. The van der Waals surface area contributed by atoms with E-state index in [4.69, 9.17) is 4.18 Å². The maximum Gasteiger partial charge on any atom is 0.268 e. The topological polar surface area (TPSA) is 60.4 Å². The smallest absolute Gasteiger partial charge is 0.268 e. The molecule has 0 unspecified atom stereocenters. The monoisotopic (exact) mass is 274 g/mol. The summed E-state index contributed by atoms with van der Waals surface area (Å²) in [4.78, 5) is 12.2. The summed E-state index contributed by atoms with van der Waals surface area (Å²) in [5, 5.41) is 0. The third-order valence-electron chi connectivity index (χ3n) is 5.03. The Bertz CT molecular complexity index is 452. The van der Waals surface area contributed by atoms with Gasteiger partial charge in [-0.1, -0.05) is 20.8 Å². The summed E-state index contributed by atoms with van der Waals surface area (Å²) in [5.74, 6) is 0.321. The molecule has 2 aliphatic rings. The van der Waals surface area contributed by atoms with Crippen LogP contribution in [0, 0.1) is 16.7 Å². The molecule has 2 fully saturated rings. The van der Waals surface area contributed by atoms with Gasteiger partial charge in [0.05, 0.1) is 17.8 Å². The van der Waals surface area contributed by atoms with Gasteiger partial charge in [0.25, 0.3) is 10.1 Å². The molecule has 2 bridgehead atoms. The van der Waals surface area contributed by atoms with Crippen molar-refractivity contribution in [3.05, 3.63) is 0 Å². The number of rotatable bonds is 5. The number of Topliss-reactive ketones (excluding diaryl/α,β-unsaturated/α-hetero) is 1. The molecule has 2 aliphatic carbocycles. The molecule has 0 N–H and O–H groups in total. The van der Waals surface area contributed by atoms with Crippen molar-refractivity contribution >= 4 is 15.9 Å². The second-order valence-electron chi connectivity index (χ2n) is 6.19. The van der Waals surface area contributed by atoms with Crippen LogP contribution in [0.2, 0.25) is 0 Å². The Labute approximate surface area is 109 Å². The highest BCUT2D eigenvalue weighted by Crippen LogP contribution is 2.64. The Morgan fingerprint density at radius 1 is 1.39 bits per heavy atom. The molecule has 104 valence electrons. The van der Waals surface area contributed by atoms with E-state index >= 15 is 0 Å². The van der Waals surface area contributed by atoms with Crippen molar-refractivity contribution < 1.29 is 17.4 Å². The minimum absolute atomic E-state index is 0.118. The molecule has 0 amide bonds. The van der Waals surface area contributed by atoms with Crippen molar-refractivity contribution in [3.63, 3.8) is 0 Å². The van der Waals surface area contributed by atoms with E-state index in [1.165, 1.54) is 0 Å².